The summed E-state index contributed by atoms with van der Waals surface area (Å²) in [4.78, 5) is 10.7. The summed E-state index contributed by atoms with van der Waals surface area (Å²) in [6.45, 7) is 0. The van der Waals surface area contributed by atoms with Gasteiger partial charge in [-0.05, 0) is 87.7 Å². The van der Waals surface area contributed by atoms with Gasteiger partial charge < -0.3 is 4.42 Å². The summed E-state index contributed by atoms with van der Waals surface area (Å²) in [6, 6.07) is 66.8. The Kier molecular flexibility index (Phi) is 8.49. The van der Waals surface area contributed by atoms with Crippen molar-refractivity contribution in [3.8, 4) is 33.4 Å². The van der Waals surface area contributed by atoms with Crippen molar-refractivity contribution in [2.75, 3.05) is 0 Å². The van der Waals surface area contributed by atoms with E-state index in [1.165, 1.54) is 48.0 Å². The van der Waals surface area contributed by atoms with Gasteiger partial charge in [0.1, 0.15) is 11.2 Å². The van der Waals surface area contributed by atoms with Gasteiger partial charge in [-0.1, -0.05) is 164 Å². The summed E-state index contributed by atoms with van der Waals surface area (Å²) in [5, 5.41) is 4.84. The van der Waals surface area contributed by atoms with Crippen LogP contribution in [0.2, 0.25) is 0 Å². The van der Waals surface area contributed by atoms with Gasteiger partial charge in [0.05, 0.1) is 11.4 Å². The quantitative estimate of drug-likeness (QED) is 0.166. The predicted octanol–water partition coefficient (Wildman–Crippen LogP) is 15.0. The van der Waals surface area contributed by atoms with E-state index in [9.17, 15) is 0 Å². The Bertz CT molecular complexity index is 3240. The first-order valence-corrected chi connectivity index (χ1v) is 20.6. The number of fused-ring (bicyclic) bond motifs is 6. The third-order valence-corrected chi connectivity index (χ3v) is 12.5. The summed E-state index contributed by atoms with van der Waals surface area (Å²) in [5.74, 6) is 0.694. The lowest BCUT2D eigenvalue weighted by atomic mass is 9.98. The Morgan fingerprint density at radius 3 is 1.84 bits per heavy atom. The summed E-state index contributed by atoms with van der Waals surface area (Å²) in [7, 11) is 0. The van der Waals surface area contributed by atoms with Crippen LogP contribution in [0.1, 0.15) is 29.5 Å². The molecule has 0 unspecified atom stereocenters. The molecule has 1 aliphatic rings. The minimum absolute atomic E-state index is 0.694. The Hall–Kier alpha value is -7.14. The highest BCUT2D eigenvalue weighted by Crippen LogP contribution is 2.42. The summed E-state index contributed by atoms with van der Waals surface area (Å²) in [6.07, 6.45) is 3.84. The fourth-order valence-electron chi connectivity index (χ4n) is 8.24. The van der Waals surface area contributed by atoms with E-state index in [0.717, 1.165) is 68.4 Å². The third kappa shape index (κ3) is 6.25. The average molecular weight is 761 g/mol. The zero-order valence-electron chi connectivity index (χ0n) is 31.6. The minimum atomic E-state index is 0.694. The molecule has 2 aromatic heterocycles. The molecule has 0 aliphatic carbocycles. The lowest BCUT2D eigenvalue weighted by molar-refractivity contribution is 0.669. The lowest BCUT2D eigenvalue weighted by Crippen LogP contribution is -2.09. The molecule has 8 aromatic carbocycles. The molecule has 10 aromatic rings. The van der Waals surface area contributed by atoms with Crippen molar-refractivity contribution in [2.45, 2.75) is 12.8 Å². The Morgan fingerprint density at radius 1 is 0.414 bits per heavy atom. The van der Waals surface area contributed by atoms with Gasteiger partial charge in [0.2, 0.25) is 0 Å². The zero-order valence-corrected chi connectivity index (χ0v) is 32.4. The van der Waals surface area contributed by atoms with E-state index in [4.69, 9.17) is 14.4 Å². The molecule has 3 heterocycles. The van der Waals surface area contributed by atoms with Gasteiger partial charge in [-0.15, -0.1) is 11.3 Å². The van der Waals surface area contributed by atoms with Crippen LogP contribution in [0.5, 0.6) is 0 Å². The molecule has 0 fully saturated rings. The molecule has 58 heavy (non-hydrogen) atoms. The highest BCUT2D eigenvalue weighted by molar-refractivity contribution is 7.26. The fourth-order valence-corrected chi connectivity index (χ4v) is 9.46. The summed E-state index contributed by atoms with van der Waals surface area (Å²) < 4.78 is 8.90. The van der Waals surface area contributed by atoms with Crippen LogP contribution in [0, 0.1) is 0 Å². The largest absolute Gasteiger partial charge is 0.456 e. The van der Waals surface area contributed by atoms with Crippen molar-refractivity contribution >= 4 is 70.7 Å². The number of aliphatic imine (C=N–C) groups is 2. The van der Waals surface area contributed by atoms with Crippen LogP contribution in [0.15, 0.2) is 209 Å². The number of rotatable bonds is 6. The molecule has 3 nitrogen and oxygen atoms in total. The van der Waals surface area contributed by atoms with Crippen molar-refractivity contribution < 1.29 is 4.42 Å². The molecule has 0 atom stereocenters. The van der Waals surface area contributed by atoms with Crippen LogP contribution in [0.3, 0.4) is 0 Å². The SMILES string of the molecule is C1=C(c2ccc(-c3cccc4c3sc3ccc(-c5ccccc5)cc34)cc2)N=C(c2ccc(-c3ccccc3)cc2)N=C(c2ccc3c(c2)oc2ccccc23)CC1. The molecule has 0 spiro atoms. The van der Waals surface area contributed by atoms with Gasteiger partial charge in [0.15, 0.2) is 5.84 Å². The zero-order chi connectivity index (χ0) is 38.4. The number of amidine groups is 1. The van der Waals surface area contributed by atoms with E-state index in [1.807, 2.05) is 29.5 Å². The number of para-hydroxylation sites is 1. The van der Waals surface area contributed by atoms with Gasteiger partial charge in [-0.25, -0.2) is 9.98 Å². The molecule has 0 amide bonds. The van der Waals surface area contributed by atoms with Gasteiger partial charge in [-0.2, -0.15) is 0 Å². The van der Waals surface area contributed by atoms with E-state index >= 15 is 0 Å². The van der Waals surface area contributed by atoms with Crippen molar-refractivity contribution in [3.63, 3.8) is 0 Å². The second-order valence-corrected chi connectivity index (χ2v) is 15.9. The van der Waals surface area contributed by atoms with E-state index in [2.05, 4.69) is 176 Å². The van der Waals surface area contributed by atoms with E-state index < -0.39 is 0 Å². The molecule has 0 saturated carbocycles. The average Bonchev–Trinajstić information content (AvgIpc) is 3.85. The number of furan rings is 1. The van der Waals surface area contributed by atoms with Crippen LogP contribution < -0.4 is 0 Å². The first-order valence-electron chi connectivity index (χ1n) is 19.8. The summed E-state index contributed by atoms with van der Waals surface area (Å²) in [5.41, 5.74) is 14.0. The second kappa shape index (κ2) is 14.4. The Balaban J connectivity index is 0.963. The van der Waals surface area contributed by atoms with Gasteiger partial charge in [0, 0.05) is 36.5 Å². The molecule has 11 rings (SSSR count). The van der Waals surface area contributed by atoms with Crippen LogP contribution in [0.25, 0.3) is 81.2 Å². The number of allylic oxidation sites excluding steroid dienone is 1. The van der Waals surface area contributed by atoms with Crippen molar-refractivity contribution in [1.82, 2.24) is 0 Å². The third-order valence-electron chi connectivity index (χ3n) is 11.2. The molecular formula is C54H36N2OS. The van der Waals surface area contributed by atoms with Crippen LogP contribution in [-0.2, 0) is 0 Å². The lowest BCUT2D eigenvalue weighted by Gasteiger charge is -2.14. The molecule has 0 N–H and O–H groups in total. The Labute approximate surface area is 340 Å². The maximum absolute atomic E-state index is 6.29. The Morgan fingerprint density at radius 2 is 1.03 bits per heavy atom. The van der Waals surface area contributed by atoms with E-state index in [-0.39, 0.29) is 0 Å². The molecule has 274 valence electrons. The second-order valence-electron chi connectivity index (χ2n) is 14.8. The highest BCUT2D eigenvalue weighted by Gasteiger charge is 2.17. The van der Waals surface area contributed by atoms with E-state index in [0.29, 0.717) is 5.84 Å². The minimum Gasteiger partial charge on any atom is -0.456 e. The monoisotopic (exact) mass is 760 g/mol. The molecule has 0 radical (unpaired) electrons. The standard InChI is InChI=1S/C54H36N2OS/c1-3-11-35(12-4-1)37-21-27-40(28-22-37)54-55-48(18-10-19-49(56-54)42-29-31-45-44-15-7-8-20-50(44)57-51(45)34-42)39-25-23-38(24-26-39)43-16-9-17-46-47-33-41(36-13-5-2-6-14-36)30-32-52(47)58-53(43)46/h1-9,11-18,20-34H,10,19H2. The maximum atomic E-state index is 6.29. The smallest absolute Gasteiger partial charge is 0.160 e. The number of hydrogen-bond acceptors (Lipinski definition) is 4. The maximum Gasteiger partial charge on any atom is 0.160 e. The first kappa shape index (κ1) is 34.1. The molecule has 0 bridgehead atoms. The van der Waals surface area contributed by atoms with Gasteiger partial charge in [0.25, 0.3) is 0 Å². The predicted molar refractivity (Wildman–Crippen MR) is 246 cm³/mol. The number of benzene rings is 8. The summed E-state index contributed by atoms with van der Waals surface area (Å²) >= 11 is 1.87. The topological polar surface area (TPSA) is 37.9 Å². The van der Waals surface area contributed by atoms with Crippen molar-refractivity contribution in [3.05, 3.63) is 211 Å². The van der Waals surface area contributed by atoms with Crippen LogP contribution in [0.4, 0.5) is 0 Å². The van der Waals surface area contributed by atoms with Gasteiger partial charge >= 0.3 is 0 Å². The fraction of sp³-hybridized carbons (Fsp3) is 0.0370. The first-order chi connectivity index (χ1) is 28.7. The van der Waals surface area contributed by atoms with Crippen LogP contribution in [-0.4, -0.2) is 11.5 Å². The van der Waals surface area contributed by atoms with E-state index in [1.54, 1.807) is 0 Å². The number of thiophene rings is 1. The van der Waals surface area contributed by atoms with Crippen molar-refractivity contribution in [1.29, 1.82) is 0 Å². The van der Waals surface area contributed by atoms with Gasteiger partial charge in [-0.3, -0.25) is 0 Å². The number of hydrogen-bond donors (Lipinski definition) is 0. The molecule has 1 aliphatic heterocycles. The normalized spacial score (nSPS) is 13.3. The molecule has 0 saturated heterocycles. The number of nitrogens with zero attached hydrogens (tertiary/aromatic N) is 2. The molecule has 4 heteroatoms. The molecular weight excluding hydrogens is 725 g/mol. The van der Waals surface area contributed by atoms with Crippen LogP contribution >= 0.6 is 11.3 Å². The highest BCUT2D eigenvalue weighted by atomic mass is 32.1. The van der Waals surface area contributed by atoms with Crippen molar-refractivity contribution in [2.24, 2.45) is 9.98 Å².